The molecule has 1 aliphatic rings. The number of nitrogens with one attached hydrogen (secondary N) is 1. The summed E-state index contributed by atoms with van der Waals surface area (Å²) in [5.41, 5.74) is 3.49. The molecule has 148 valence electrons. The molecule has 0 aliphatic carbocycles. The number of fused-ring (bicyclic) bond motifs is 6. The molecule has 1 aromatic carbocycles. The zero-order chi connectivity index (χ0) is 20.3. The molecule has 5 rings (SSSR count). The Bertz CT molecular complexity index is 1360. The number of thiophene rings is 1. The number of rotatable bonds is 3. The van der Waals surface area contributed by atoms with Crippen LogP contribution in [0.5, 0.6) is 5.75 Å². The minimum Gasteiger partial charge on any atom is -0.497 e. The Morgan fingerprint density at radius 1 is 1.38 bits per heavy atom. The second-order valence-electron chi connectivity index (χ2n) is 6.99. The van der Waals surface area contributed by atoms with E-state index in [1.54, 1.807) is 25.5 Å². The van der Waals surface area contributed by atoms with Crippen LogP contribution in [0.2, 0.25) is 0 Å². The number of aryl methyl sites for hydroxylation is 2. The summed E-state index contributed by atoms with van der Waals surface area (Å²) in [5, 5.41) is 1.58. The lowest BCUT2D eigenvalue weighted by atomic mass is 10.0. The van der Waals surface area contributed by atoms with Crippen LogP contribution in [0.3, 0.4) is 0 Å². The molecule has 4 heterocycles. The molecule has 0 atom stereocenters. The number of H-pyrrole nitrogens is 1. The van der Waals surface area contributed by atoms with E-state index in [1.165, 1.54) is 11.3 Å². The van der Waals surface area contributed by atoms with E-state index in [0.29, 0.717) is 33.0 Å². The summed E-state index contributed by atoms with van der Waals surface area (Å²) >= 11 is 1.21. The first-order valence-electron chi connectivity index (χ1n) is 9.43. The maximum absolute atomic E-state index is 13.3. The van der Waals surface area contributed by atoms with Gasteiger partial charge in [0.2, 0.25) is 0 Å². The van der Waals surface area contributed by atoms with Gasteiger partial charge in [0.05, 0.1) is 24.8 Å². The maximum Gasteiger partial charge on any atom is 0.348 e. The molecule has 29 heavy (non-hydrogen) atoms. The second-order valence-corrected chi connectivity index (χ2v) is 7.99. The predicted octanol–water partition coefficient (Wildman–Crippen LogP) is 3.66. The monoisotopic (exact) mass is 409 g/mol. The predicted molar refractivity (Wildman–Crippen MR) is 112 cm³/mol. The third-order valence-corrected chi connectivity index (χ3v) is 6.60. The highest BCUT2D eigenvalue weighted by atomic mass is 32.1. The highest BCUT2D eigenvalue weighted by Gasteiger charge is 2.27. The Kier molecular flexibility index (Phi) is 3.99. The van der Waals surface area contributed by atoms with E-state index in [2.05, 4.69) is 4.98 Å². The normalized spacial score (nSPS) is 12.8. The third kappa shape index (κ3) is 2.52. The standard InChI is InChI=1S/C21H19N3O4S/c1-4-28-21(26)17-10(2)15-19(29-17)23-18-16-12(7-8-24(18)20(15)25)13-9-11(27-3)5-6-14(13)22-16/h5-6,9,22H,4,7-8H2,1-3H3. The molecule has 0 saturated heterocycles. The zero-order valence-corrected chi connectivity index (χ0v) is 17.1. The summed E-state index contributed by atoms with van der Waals surface area (Å²) in [4.78, 5) is 34.7. The minimum atomic E-state index is -0.409. The molecule has 0 bridgehead atoms. The van der Waals surface area contributed by atoms with E-state index >= 15 is 0 Å². The van der Waals surface area contributed by atoms with Crippen LogP contribution in [-0.2, 0) is 17.7 Å². The molecule has 1 aliphatic heterocycles. The van der Waals surface area contributed by atoms with Crippen LogP contribution in [0, 0.1) is 6.92 Å². The van der Waals surface area contributed by atoms with Crippen molar-refractivity contribution in [1.82, 2.24) is 14.5 Å². The van der Waals surface area contributed by atoms with Gasteiger partial charge >= 0.3 is 5.97 Å². The van der Waals surface area contributed by atoms with Gasteiger partial charge in [-0.05, 0) is 49.6 Å². The van der Waals surface area contributed by atoms with Crippen LogP contribution in [0.4, 0.5) is 0 Å². The first kappa shape index (κ1) is 17.9. The van der Waals surface area contributed by atoms with Gasteiger partial charge in [0.15, 0.2) is 5.82 Å². The van der Waals surface area contributed by atoms with Crippen molar-refractivity contribution >= 4 is 38.4 Å². The van der Waals surface area contributed by atoms with E-state index in [0.717, 1.165) is 34.3 Å². The first-order valence-corrected chi connectivity index (χ1v) is 10.2. The molecule has 1 N–H and O–H groups in total. The number of methoxy groups -OCH3 is 1. The first-order chi connectivity index (χ1) is 14.0. The number of nitrogens with zero attached hydrogens (tertiary/aromatic N) is 2. The van der Waals surface area contributed by atoms with Gasteiger partial charge in [0.1, 0.15) is 15.5 Å². The summed E-state index contributed by atoms with van der Waals surface area (Å²) in [7, 11) is 1.65. The maximum atomic E-state index is 13.3. The van der Waals surface area contributed by atoms with Crippen molar-refractivity contribution in [3.8, 4) is 17.3 Å². The Morgan fingerprint density at radius 2 is 2.21 bits per heavy atom. The van der Waals surface area contributed by atoms with Crippen molar-refractivity contribution in [2.45, 2.75) is 26.8 Å². The molecule has 0 amide bonds. The number of hydrogen-bond acceptors (Lipinski definition) is 6. The lowest BCUT2D eigenvalue weighted by molar-refractivity contribution is 0.0531. The van der Waals surface area contributed by atoms with E-state index in [9.17, 15) is 9.59 Å². The molecule has 0 spiro atoms. The average molecular weight is 409 g/mol. The quantitative estimate of drug-likeness (QED) is 0.522. The van der Waals surface area contributed by atoms with Crippen LogP contribution in [0.15, 0.2) is 23.0 Å². The molecule has 7 nitrogen and oxygen atoms in total. The average Bonchev–Trinajstić information content (AvgIpc) is 3.26. The fourth-order valence-corrected chi connectivity index (χ4v) is 5.10. The lowest BCUT2D eigenvalue weighted by Crippen LogP contribution is -2.27. The van der Waals surface area contributed by atoms with E-state index < -0.39 is 5.97 Å². The van der Waals surface area contributed by atoms with E-state index in [1.807, 2.05) is 18.2 Å². The molecule has 3 aromatic heterocycles. The van der Waals surface area contributed by atoms with Gasteiger partial charge in [-0.15, -0.1) is 11.3 Å². The van der Waals surface area contributed by atoms with Crippen LogP contribution in [0.25, 0.3) is 32.6 Å². The summed E-state index contributed by atoms with van der Waals surface area (Å²) < 4.78 is 12.2. The van der Waals surface area contributed by atoms with E-state index in [-0.39, 0.29) is 12.2 Å². The molecule has 4 aromatic rings. The number of benzene rings is 1. The molecular formula is C21H19N3O4S. The Hall–Kier alpha value is -3.13. The summed E-state index contributed by atoms with van der Waals surface area (Å²) in [6.45, 7) is 4.37. The SMILES string of the molecule is CCOC(=O)c1sc2nc3n(c(=O)c2c1C)CCc1c-3[nH]c2ccc(OC)cc12. The Balaban J connectivity index is 1.76. The van der Waals surface area contributed by atoms with Crippen LogP contribution in [-0.4, -0.2) is 34.2 Å². The highest BCUT2D eigenvalue weighted by Crippen LogP contribution is 2.36. The number of esters is 1. The van der Waals surface area contributed by atoms with Crippen molar-refractivity contribution in [3.05, 3.63) is 44.6 Å². The molecule has 0 unspecified atom stereocenters. The molecule has 0 radical (unpaired) electrons. The summed E-state index contributed by atoms with van der Waals surface area (Å²) in [5.74, 6) is 0.989. The number of ether oxygens (including phenoxy) is 2. The Morgan fingerprint density at radius 3 is 2.97 bits per heavy atom. The third-order valence-electron chi connectivity index (χ3n) is 5.43. The molecule has 0 fully saturated rings. The molecule has 8 heteroatoms. The van der Waals surface area contributed by atoms with Gasteiger partial charge in [-0.25, -0.2) is 9.78 Å². The Labute approximate surface area is 169 Å². The minimum absolute atomic E-state index is 0.115. The van der Waals surface area contributed by atoms with Gasteiger partial charge in [-0.3, -0.25) is 9.36 Å². The van der Waals surface area contributed by atoms with Gasteiger partial charge in [0, 0.05) is 17.4 Å². The number of aromatic nitrogens is 3. The molecular weight excluding hydrogens is 390 g/mol. The largest absolute Gasteiger partial charge is 0.497 e. The topological polar surface area (TPSA) is 86.2 Å². The van der Waals surface area contributed by atoms with Crippen molar-refractivity contribution in [3.63, 3.8) is 0 Å². The van der Waals surface area contributed by atoms with Crippen LogP contribution < -0.4 is 10.3 Å². The number of aromatic amines is 1. The van der Waals surface area contributed by atoms with Crippen molar-refractivity contribution < 1.29 is 14.3 Å². The number of carbonyl (C=O) groups is 1. The lowest BCUT2D eigenvalue weighted by Gasteiger charge is -2.18. The van der Waals surface area contributed by atoms with Crippen LogP contribution in [0.1, 0.15) is 27.7 Å². The highest BCUT2D eigenvalue weighted by molar-refractivity contribution is 7.20. The van der Waals surface area contributed by atoms with Crippen LogP contribution >= 0.6 is 11.3 Å². The summed E-state index contributed by atoms with van der Waals surface area (Å²) in [6, 6.07) is 5.88. The van der Waals surface area contributed by atoms with Crippen molar-refractivity contribution in [1.29, 1.82) is 0 Å². The van der Waals surface area contributed by atoms with Crippen molar-refractivity contribution in [2.24, 2.45) is 0 Å². The smallest absolute Gasteiger partial charge is 0.348 e. The fraction of sp³-hybridized carbons (Fsp3) is 0.286. The second kappa shape index (κ2) is 6.45. The van der Waals surface area contributed by atoms with E-state index in [4.69, 9.17) is 14.5 Å². The van der Waals surface area contributed by atoms with Crippen molar-refractivity contribution in [2.75, 3.05) is 13.7 Å². The van der Waals surface area contributed by atoms with Gasteiger partial charge in [0.25, 0.3) is 5.56 Å². The van der Waals surface area contributed by atoms with Gasteiger partial charge in [-0.1, -0.05) is 0 Å². The number of carbonyl (C=O) groups excluding carboxylic acids is 1. The van der Waals surface area contributed by atoms with Gasteiger partial charge < -0.3 is 14.5 Å². The summed E-state index contributed by atoms with van der Waals surface area (Å²) in [6.07, 6.45) is 0.719. The zero-order valence-electron chi connectivity index (χ0n) is 16.3. The molecule has 0 saturated carbocycles. The fourth-order valence-electron chi connectivity index (χ4n) is 4.03. The number of hydrogen-bond donors (Lipinski definition) is 1. The van der Waals surface area contributed by atoms with Gasteiger partial charge in [-0.2, -0.15) is 0 Å².